The maximum absolute atomic E-state index is 12.8. The van der Waals surface area contributed by atoms with Gasteiger partial charge in [0.1, 0.15) is 12.4 Å². The van der Waals surface area contributed by atoms with E-state index in [9.17, 15) is 14.4 Å². The molecular formula is C21H17NO5. The molecule has 136 valence electrons. The summed E-state index contributed by atoms with van der Waals surface area (Å²) in [5, 5.41) is 0. The molecule has 5 rings (SSSR count). The van der Waals surface area contributed by atoms with Crippen LogP contribution in [0.3, 0.4) is 0 Å². The maximum Gasteiger partial charge on any atom is 0.338 e. The zero-order chi connectivity index (χ0) is 18.5. The van der Waals surface area contributed by atoms with Crippen molar-refractivity contribution < 1.29 is 23.5 Å². The van der Waals surface area contributed by atoms with Crippen LogP contribution < -0.4 is 4.90 Å². The number of fused-ring (bicyclic) bond motifs is 5. The lowest BCUT2D eigenvalue weighted by Crippen LogP contribution is -2.32. The van der Waals surface area contributed by atoms with Crippen molar-refractivity contribution in [3.8, 4) is 0 Å². The van der Waals surface area contributed by atoms with Crippen molar-refractivity contribution in [3.63, 3.8) is 0 Å². The van der Waals surface area contributed by atoms with Gasteiger partial charge in [-0.3, -0.25) is 14.5 Å². The molecule has 2 bridgehead atoms. The average Bonchev–Trinajstić information content (AvgIpc) is 3.45. The molecule has 3 aliphatic rings. The van der Waals surface area contributed by atoms with Crippen LogP contribution in [0.2, 0.25) is 0 Å². The molecule has 2 aromatic rings. The summed E-state index contributed by atoms with van der Waals surface area (Å²) in [4.78, 5) is 39.0. The molecule has 6 heteroatoms. The smallest absolute Gasteiger partial charge is 0.338 e. The van der Waals surface area contributed by atoms with Gasteiger partial charge in [0.2, 0.25) is 11.8 Å². The van der Waals surface area contributed by atoms with E-state index in [0.717, 1.165) is 6.42 Å². The molecule has 2 fully saturated rings. The first-order chi connectivity index (χ1) is 13.1. The molecule has 0 radical (unpaired) electrons. The van der Waals surface area contributed by atoms with E-state index in [1.54, 1.807) is 36.4 Å². The Morgan fingerprint density at radius 3 is 2.30 bits per heavy atom. The largest absolute Gasteiger partial charge is 0.466 e. The summed E-state index contributed by atoms with van der Waals surface area (Å²) in [6.45, 7) is 0.0514. The summed E-state index contributed by atoms with van der Waals surface area (Å²) >= 11 is 0. The van der Waals surface area contributed by atoms with E-state index in [-0.39, 0.29) is 42.1 Å². The van der Waals surface area contributed by atoms with Crippen LogP contribution in [0.15, 0.2) is 59.2 Å². The Morgan fingerprint density at radius 2 is 1.70 bits per heavy atom. The third kappa shape index (κ3) is 2.44. The number of anilines is 1. The quantitative estimate of drug-likeness (QED) is 0.474. The van der Waals surface area contributed by atoms with E-state index in [1.807, 2.05) is 0 Å². The molecule has 2 amide bonds. The second kappa shape index (κ2) is 5.94. The molecule has 1 aromatic carbocycles. The Kier molecular flexibility index (Phi) is 3.53. The van der Waals surface area contributed by atoms with E-state index < -0.39 is 5.97 Å². The molecule has 1 saturated carbocycles. The Bertz CT molecular complexity index is 913. The molecule has 1 aromatic heterocycles. The SMILES string of the molecule is O=C(OCc1ccco1)c1ccc(N2C(=O)[C@@H]3[C@H](C2=O)[C@H]2C=C[C@H]3C2)cc1. The van der Waals surface area contributed by atoms with Crippen LogP contribution in [-0.4, -0.2) is 17.8 Å². The average molecular weight is 363 g/mol. The topological polar surface area (TPSA) is 76.8 Å². The van der Waals surface area contributed by atoms with Crippen LogP contribution in [0.4, 0.5) is 5.69 Å². The minimum absolute atomic E-state index is 0.0514. The summed E-state index contributed by atoms with van der Waals surface area (Å²) in [6, 6.07) is 9.83. The summed E-state index contributed by atoms with van der Waals surface area (Å²) in [7, 11) is 0. The van der Waals surface area contributed by atoms with Gasteiger partial charge in [-0.05, 0) is 54.7 Å². The highest BCUT2D eigenvalue weighted by atomic mass is 16.5. The molecule has 0 spiro atoms. The fourth-order valence-electron chi connectivity index (χ4n) is 4.52. The Hall–Kier alpha value is -3.15. The third-order valence-electron chi connectivity index (χ3n) is 5.76. The highest BCUT2D eigenvalue weighted by Gasteiger charge is 2.59. The van der Waals surface area contributed by atoms with Crippen molar-refractivity contribution in [3.05, 3.63) is 66.1 Å². The van der Waals surface area contributed by atoms with Gasteiger partial charge in [-0.1, -0.05) is 12.2 Å². The minimum Gasteiger partial charge on any atom is -0.466 e. The van der Waals surface area contributed by atoms with Crippen molar-refractivity contribution in [1.82, 2.24) is 0 Å². The number of allylic oxidation sites excluding steroid dienone is 2. The second-order valence-corrected chi connectivity index (χ2v) is 7.21. The molecule has 6 nitrogen and oxygen atoms in total. The van der Waals surface area contributed by atoms with Crippen molar-refractivity contribution in [2.24, 2.45) is 23.7 Å². The van der Waals surface area contributed by atoms with E-state index in [0.29, 0.717) is 17.0 Å². The van der Waals surface area contributed by atoms with Crippen LogP contribution in [0, 0.1) is 23.7 Å². The molecule has 2 aliphatic carbocycles. The standard InChI is InChI=1S/C21H17NO5/c23-19-17-13-3-4-14(10-13)18(17)20(24)22(19)15-7-5-12(6-8-15)21(25)27-11-16-2-1-9-26-16/h1-9,13-14,17-18H,10-11H2/t13-,14-,17-,18+/m0/s1. The monoisotopic (exact) mass is 363 g/mol. The minimum atomic E-state index is -0.490. The Balaban J connectivity index is 1.31. The van der Waals surface area contributed by atoms with Gasteiger partial charge < -0.3 is 9.15 Å². The lowest BCUT2D eigenvalue weighted by Gasteiger charge is -2.17. The molecular weight excluding hydrogens is 346 g/mol. The van der Waals surface area contributed by atoms with Gasteiger partial charge in [-0.2, -0.15) is 0 Å². The summed E-state index contributed by atoms with van der Waals surface area (Å²) < 4.78 is 10.3. The zero-order valence-electron chi connectivity index (χ0n) is 14.4. The number of benzene rings is 1. The summed E-state index contributed by atoms with van der Waals surface area (Å²) in [5.41, 5.74) is 0.854. The highest BCUT2D eigenvalue weighted by Crippen LogP contribution is 2.53. The third-order valence-corrected chi connectivity index (χ3v) is 5.76. The molecule has 1 aliphatic heterocycles. The van der Waals surface area contributed by atoms with Crippen LogP contribution in [0.25, 0.3) is 0 Å². The molecule has 1 saturated heterocycles. The number of furan rings is 1. The van der Waals surface area contributed by atoms with Gasteiger partial charge in [-0.15, -0.1) is 0 Å². The maximum atomic E-state index is 12.8. The number of esters is 1. The van der Waals surface area contributed by atoms with E-state index in [2.05, 4.69) is 12.2 Å². The number of ether oxygens (including phenoxy) is 1. The van der Waals surface area contributed by atoms with Crippen molar-refractivity contribution in [2.45, 2.75) is 13.0 Å². The number of imide groups is 1. The number of carbonyl (C=O) groups excluding carboxylic acids is 3. The Morgan fingerprint density at radius 1 is 1.04 bits per heavy atom. The van der Waals surface area contributed by atoms with Crippen LogP contribution >= 0.6 is 0 Å². The van der Waals surface area contributed by atoms with Gasteiger partial charge >= 0.3 is 5.97 Å². The van der Waals surface area contributed by atoms with Crippen LogP contribution in [-0.2, 0) is 20.9 Å². The highest BCUT2D eigenvalue weighted by molar-refractivity contribution is 6.22. The van der Waals surface area contributed by atoms with Crippen molar-refractivity contribution in [1.29, 1.82) is 0 Å². The molecule has 0 unspecified atom stereocenters. The van der Waals surface area contributed by atoms with Gasteiger partial charge in [0.15, 0.2) is 0 Å². The number of carbonyl (C=O) groups is 3. The van der Waals surface area contributed by atoms with Gasteiger partial charge in [0, 0.05) is 0 Å². The van der Waals surface area contributed by atoms with E-state index in [4.69, 9.17) is 9.15 Å². The number of rotatable bonds is 4. The second-order valence-electron chi connectivity index (χ2n) is 7.21. The molecule has 0 N–H and O–H groups in total. The van der Waals surface area contributed by atoms with Crippen LogP contribution in [0.1, 0.15) is 22.5 Å². The number of hydrogen-bond acceptors (Lipinski definition) is 5. The predicted octanol–water partition coefficient (Wildman–Crippen LogP) is 2.95. The first kappa shape index (κ1) is 16.1. The number of amides is 2. The normalized spacial score (nSPS) is 28.1. The van der Waals surface area contributed by atoms with Crippen molar-refractivity contribution >= 4 is 23.5 Å². The number of nitrogens with zero attached hydrogens (tertiary/aromatic N) is 1. The van der Waals surface area contributed by atoms with Crippen LogP contribution in [0.5, 0.6) is 0 Å². The first-order valence-corrected chi connectivity index (χ1v) is 8.99. The fourth-order valence-corrected chi connectivity index (χ4v) is 4.52. The predicted molar refractivity (Wildman–Crippen MR) is 94.5 cm³/mol. The lowest BCUT2D eigenvalue weighted by molar-refractivity contribution is -0.123. The molecule has 4 atom stereocenters. The van der Waals surface area contributed by atoms with Crippen molar-refractivity contribution in [2.75, 3.05) is 4.90 Å². The van der Waals surface area contributed by atoms with Gasteiger partial charge in [-0.25, -0.2) is 4.79 Å². The molecule has 27 heavy (non-hydrogen) atoms. The van der Waals surface area contributed by atoms with E-state index in [1.165, 1.54) is 11.2 Å². The zero-order valence-corrected chi connectivity index (χ0v) is 14.4. The first-order valence-electron chi connectivity index (χ1n) is 8.99. The van der Waals surface area contributed by atoms with Gasteiger partial charge in [0.05, 0.1) is 29.3 Å². The molecule has 2 heterocycles. The Labute approximate surface area is 155 Å². The number of hydrogen-bond donors (Lipinski definition) is 0. The van der Waals surface area contributed by atoms with Gasteiger partial charge in [0.25, 0.3) is 0 Å². The summed E-state index contributed by atoms with van der Waals surface area (Å²) in [6.07, 6.45) is 6.55. The van der Waals surface area contributed by atoms with E-state index >= 15 is 0 Å². The fraction of sp³-hybridized carbons (Fsp3) is 0.286. The summed E-state index contributed by atoms with van der Waals surface area (Å²) in [5.74, 6) is -0.297. The lowest BCUT2D eigenvalue weighted by atomic mass is 9.85.